The van der Waals surface area contributed by atoms with Gasteiger partial charge in [0.25, 0.3) is 0 Å². The molecule has 0 fully saturated rings. The normalized spacial score (nSPS) is 10.5. The number of hydrogen-bond acceptors (Lipinski definition) is 2. The van der Waals surface area contributed by atoms with Gasteiger partial charge in [-0.3, -0.25) is 0 Å². The van der Waals surface area contributed by atoms with Gasteiger partial charge in [-0.2, -0.15) is 0 Å². The van der Waals surface area contributed by atoms with Crippen LogP contribution in [0.1, 0.15) is 11.1 Å². The highest BCUT2D eigenvalue weighted by Gasteiger charge is 2.10. The molecule has 0 spiro atoms. The number of rotatable bonds is 4. The summed E-state index contributed by atoms with van der Waals surface area (Å²) in [5.74, 6) is -1.45. The zero-order valence-electron chi connectivity index (χ0n) is 9.96. The topological polar surface area (TPSA) is 32.3 Å². The number of hydrogen-bond donors (Lipinski definition) is 2. The third kappa shape index (κ3) is 3.43. The van der Waals surface area contributed by atoms with Gasteiger partial charge in [0.05, 0.1) is 6.61 Å². The quantitative estimate of drug-likeness (QED) is 0.896. The van der Waals surface area contributed by atoms with Gasteiger partial charge in [0.1, 0.15) is 5.69 Å². The van der Waals surface area contributed by atoms with E-state index in [9.17, 15) is 8.78 Å². The second kappa shape index (κ2) is 5.99. The Morgan fingerprint density at radius 2 is 1.53 bits per heavy atom. The fraction of sp³-hybridized carbons (Fsp3) is 0.143. The summed E-state index contributed by atoms with van der Waals surface area (Å²) in [6, 6.07) is 9.19. The van der Waals surface area contributed by atoms with Crippen molar-refractivity contribution < 1.29 is 13.9 Å². The molecule has 0 radical (unpaired) electrons. The molecule has 0 saturated carbocycles. The number of anilines is 1. The predicted molar refractivity (Wildman–Crippen MR) is 71.1 cm³/mol. The molecule has 2 aromatic carbocycles. The molecule has 0 aliphatic carbocycles. The Morgan fingerprint density at radius 1 is 1.00 bits per heavy atom. The highest BCUT2D eigenvalue weighted by atomic mass is 35.5. The number of halogens is 3. The third-order valence-corrected chi connectivity index (χ3v) is 2.90. The molecular formula is C14H12ClF2NO. The van der Waals surface area contributed by atoms with Crippen molar-refractivity contribution in [2.24, 2.45) is 0 Å². The maximum absolute atomic E-state index is 13.5. The van der Waals surface area contributed by atoms with Gasteiger partial charge in [-0.1, -0.05) is 35.9 Å². The smallest absolute Gasteiger partial charge is 0.150 e. The maximum Gasteiger partial charge on any atom is 0.150 e. The molecule has 0 bridgehead atoms. The Kier molecular flexibility index (Phi) is 4.35. The monoisotopic (exact) mass is 283 g/mol. The highest BCUT2D eigenvalue weighted by Crippen LogP contribution is 2.23. The molecule has 2 nitrogen and oxygen atoms in total. The van der Waals surface area contributed by atoms with Crippen LogP contribution in [0.3, 0.4) is 0 Å². The van der Waals surface area contributed by atoms with Crippen LogP contribution in [0.25, 0.3) is 0 Å². The Bertz CT molecular complexity index is 549. The maximum atomic E-state index is 13.5. The molecule has 0 aromatic heterocycles. The van der Waals surface area contributed by atoms with E-state index in [1.165, 1.54) is 0 Å². The minimum Gasteiger partial charge on any atom is -0.392 e. The Balaban J connectivity index is 2.10. The van der Waals surface area contributed by atoms with Crippen molar-refractivity contribution in [3.8, 4) is 0 Å². The number of benzene rings is 2. The minimum absolute atomic E-state index is 0.0212. The first-order valence-corrected chi connectivity index (χ1v) is 6.05. The number of aliphatic hydroxyl groups excluding tert-OH is 1. The lowest BCUT2D eigenvalue weighted by molar-refractivity contribution is 0.282. The van der Waals surface area contributed by atoms with E-state index in [4.69, 9.17) is 16.7 Å². The fourth-order valence-corrected chi connectivity index (χ4v) is 1.86. The van der Waals surface area contributed by atoms with Crippen LogP contribution in [-0.2, 0) is 13.2 Å². The summed E-state index contributed by atoms with van der Waals surface area (Å²) < 4.78 is 27.0. The van der Waals surface area contributed by atoms with E-state index in [0.717, 1.165) is 23.3 Å². The second-order valence-electron chi connectivity index (χ2n) is 4.07. The molecule has 0 aliphatic heterocycles. The third-order valence-electron chi connectivity index (χ3n) is 2.68. The summed E-state index contributed by atoms with van der Waals surface area (Å²) in [7, 11) is 0. The van der Waals surface area contributed by atoms with E-state index in [0.29, 0.717) is 0 Å². The lowest BCUT2D eigenvalue weighted by Gasteiger charge is -2.09. The van der Waals surface area contributed by atoms with Crippen LogP contribution in [0.15, 0.2) is 36.4 Å². The average molecular weight is 284 g/mol. The molecular weight excluding hydrogens is 272 g/mol. The predicted octanol–water partition coefficient (Wildman–Crippen LogP) is 3.72. The number of nitrogens with one attached hydrogen (secondary N) is 1. The first-order chi connectivity index (χ1) is 9.10. The van der Waals surface area contributed by atoms with Gasteiger partial charge in [-0.25, -0.2) is 8.78 Å². The summed E-state index contributed by atoms with van der Waals surface area (Å²) in [4.78, 5) is 0. The molecule has 100 valence electrons. The molecule has 0 amide bonds. The molecule has 2 rings (SSSR count). The van der Waals surface area contributed by atoms with Crippen LogP contribution >= 0.6 is 11.6 Å². The minimum atomic E-state index is -0.725. The molecule has 2 N–H and O–H groups in total. The lowest BCUT2D eigenvalue weighted by Crippen LogP contribution is -2.04. The molecule has 0 saturated heterocycles. The van der Waals surface area contributed by atoms with Gasteiger partial charge < -0.3 is 10.4 Å². The summed E-state index contributed by atoms with van der Waals surface area (Å²) in [6.07, 6.45) is 0. The van der Waals surface area contributed by atoms with Gasteiger partial charge in [0.15, 0.2) is 11.6 Å². The van der Waals surface area contributed by atoms with Crippen molar-refractivity contribution >= 4 is 17.3 Å². The van der Waals surface area contributed by atoms with E-state index >= 15 is 0 Å². The zero-order valence-corrected chi connectivity index (χ0v) is 10.7. The van der Waals surface area contributed by atoms with Gasteiger partial charge in [-0.15, -0.1) is 0 Å². The van der Waals surface area contributed by atoms with Crippen LogP contribution in [-0.4, -0.2) is 5.11 Å². The summed E-state index contributed by atoms with van der Waals surface area (Å²) in [6.45, 7) is 0.245. The molecule has 19 heavy (non-hydrogen) atoms. The van der Waals surface area contributed by atoms with Crippen molar-refractivity contribution in [3.63, 3.8) is 0 Å². The van der Waals surface area contributed by atoms with E-state index in [-0.39, 0.29) is 23.9 Å². The van der Waals surface area contributed by atoms with E-state index in [2.05, 4.69) is 5.32 Å². The van der Waals surface area contributed by atoms with Crippen LogP contribution in [0, 0.1) is 11.6 Å². The second-order valence-corrected chi connectivity index (χ2v) is 4.51. The summed E-state index contributed by atoms with van der Waals surface area (Å²) >= 11 is 5.54. The molecule has 5 heteroatoms. The standard InChI is InChI=1S/C14H12ClF2NO/c15-11-5-12(16)14(13(17)6-11)18-7-9-1-3-10(8-19)4-2-9/h1-6,18-19H,7-8H2. The Morgan fingerprint density at radius 3 is 2.05 bits per heavy atom. The molecule has 2 aromatic rings. The molecule has 0 unspecified atom stereocenters. The SMILES string of the molecule is OCc1ccc(CNc2c(F)cc(Cl)cc2F)cc1. The largest absolute Gasteiger partial charge is 0.392 e. The van der Waals surface area contributed by atoms with Crippen LogP contribution in [0.5, 0.6) is 0 Å². The fourth-order valence-electron chi connectivity index (χ4n) is 1.66. The van der Waals surface area contributed by atoms with Crippen LogP contribution < -0.4 is 5.32 Å². The molecule has 0 heterocycles. The highest BCUT2D eigenvalue weighted by molar-refractivity contribution is 6.30. The van der Waals surface area contributed by atoms with Gasteiger partial charge >= 0.3 is 0 Å². The van der Waals surface area contributed by atoms with Crippen molar-refractivity contribution in [2.45, 2.75) is 13.2 Å². The Labute approximate surface area is 114 Å². The summed E-state index contributed by atoms with van der Waals surface area (Å²) in [5.41, 5.74) is 1.44. The first kappa shape index (κ1) is 13.8. The zero-order chi connectivity index (χ0) is 13.8. The van der Waals surface area contributed by atoms with E-state index < -0.39 is 11.6 Å². The summed E-state index contributed by atoms with van der Waals surface area (Å²) in [5, 5.41) is 11.6. The van der Waals surface area contributed by atoms with Gasteiger partial charge in [0.2, 0.25) is 0 Å². The van der Waals surface area contributed by atoms with Crippen LogP contribution in [0.2, 0.25) is 5.02 Å². The number of aliphatic hydroxyl groups is 1. The lowest BCUT2D eigenvalue weighted by atomic mass is 10.1. The first-order valence-electron chi connectivity index (χ1n) is 5.67. The average Bonchev–Trinajstić information content (AvgIpc) is 2.38. The van der Waals surface area contributed by atoms with Crippen molar-refractivity contribution in [2.75, 3.05) is 5.32 Å². The van der Waals surface area contributed by atoms with E-state index in [1.807, 2.05) is 0 Å². The van der Waals surface area contributed by atoms with E-state index in [1.54, 1.807) is 24.3 Å². The molecule has 0 atom stereocenters. The van der Waals surface area contributed by atoms with Crippen molar-refractivity contribution in [1.82, 2.24) is 0 Å². The van der Waals surface area contributed by atoms with Crippen molar-refractivity contribution in [3.05, 3.63) is 64.2 Å². The van der Waals surface area contributed by atoms with Gasteiger partial charge in [-0.05, 0) is 23.3 Å². The van der Waals surface area contributed by atoms with Crippen LogP contribution in [0.4, 0.5) is 14.5 Å². The molecule has 0 aliphatic rings. The Hall–Kier alpha value is -1.65. The van der Waals surface area contributed by atoms with Gasteiger partial charge in [0, 0.05) is 11.6 Å². The van der Waals surface area contributed by atoms with Crippen molar-refractivity contribution in [1.29, 1.82) is 0 Å².